The molecule has 0 fully saturated rings. The van der Waals surface area contributed by atoms with Gasteiger partial charge in [0.05, 0.1) is 0 Å². The van der Waals surface area contributed by atoms with Crippen molar-refractivity contribution in [3.63, 3.8) is 0 Å². The second-order valence-corrected chi connectivity index (χ2v) is 7.30. The van der Waals surface area contributed by atoms with Gasteiger partial charge in [-0.05, 0) is 36.5 Å². The normalized spacial score (nSPS) is 16.1. The van der Waals surface area contributed by atoms with E-state index in [4.69, 9.17) is 0 Å². The zero-order valence-corrected chi connectivity index (χ0v) is 14.3. The second kappa shape index (κ2) is 5.72. The summed E-state index contributed by atoms with van der Waals surface area (Å²) >= 11 is 3.49. The summed E-state index contributed by atoms with van der Waals surface area (Å²) in [5, 5.41) is 0. The molecule has 0 unspecified atom stereocenters. The average molecular weight is 336 g/mol. The Hall–Kier alpha value is -1.09. The quantitative estimate of drug-likeness (QED) is 0.688. The molecule has 1 amide bonds. The molecule has 1 aromatic rings. The Kier molecular flexibility index (Phi) is 4.38. The van der Waals surface area contributed by atoms with Gasteiger partial charge in [-0.15, -0.1) is 0 Å². The summed E-state index contributed by atoms with van der Waals surface area (Å²) in [7, 11) is 0. The van der Waals surface area contributed by atoms with Crippen LogP contribution in [0.1, 0.15) is 43.1 Å². The lowest BCUT2D eigenvalue weighted by atomic mass is 9.83. The van der Waals surface area contributed by atoms with Crippen LogP contribution in [-0.2, 0) is 0 Å². The molecule has 0 aliphatic carbocycles. The fourth-order valence-corrected chi connectivity index (χ4v) is 2.82. The van der Waals surface area contributed by atoms with Crippen LogP contribution in [0.15, 0.2) is 34.3 Å². The van der Waals surface area contributed by atoms with Crippen LogP contribution < -0.4 is 0 Å². The van der Waals surface area contributed by atoms with Crippen molar-refractivity contribution in [3.8, 4) is 0 Å². The fourth-order valence-electron chi connectivity index (χ4n) is 2.44. The van der Waals surface area contributed by atoms with Crippen molar-refractivity contribution in [2.75, 3.05) is 13.1 Å². The monoisotopic (exact) mass is 335 g/mol. The van der Waals surface area contributed by atoms with Crippen LogP contribution >= 0.6 is 15.9 Å². The van der Waals surface area contributed by atoms with Crippen molar-refractivity contribution >= 4 is 21.8 Å². The molecule has 0 bridgehead atoms. The summed E-state index contributed by atoms with van der Waals surface area (Å²) in [6.07, 6.45) is 3.19. The summed E-state index contributed by atoms with van der Waals surface area (Å²) in [5.41, 5.74) is 3.57. The third-order valence-electron chi connectivity index (χ3n) is 3.88. The first-order valence-corrected chi connectivity index (χ1v) is 7.83. The minimum atomic E-state index is 0.120. The Morgan fingerprint density at radius 3 is 2.50 bits per heavy atom. The molecule has 0 saturated carbocycles. The first-order chi connectivity index (χ1) is 9.29. The minimum Gasteiger partial charge on any atom is -0.335 e. The van der Waals surface area contributed by atoms with Gasteiger partial charge in [0, 0.05) is 23.1 Å². The van der Waals surface area contributed by atoms with Crippen molar-refractivity contribution in [1.29, 1.82) is 0 Å². The van der Waals surface area contributed by atoms with Crippen molar-refractivity contribution in [3.05, 3.63) is 45.4 Å². The van der Waals surface area contributed by atoms with Crippen molar-refractivity contribution in [1.82, 2.24) is 4.90 Å². The Morgan fingerprint density at radius 2 is 2.00 bits per heavy atom. The molecule has 108 valence electrons. The lowest BCUT2D eigenvalue weighted by molar-refractivity contribution is 0.0765. The standard InChI is InChI=1S/C17H22BrNO/c1-12-5-6-13(11-15(12)18)16(20)19-9-7-14(8-10-19)17(2,3)4/h5-7,11H,8-10H2,1-4H3. The molecule has 1 aliphatic heterocycles. The lowest BCUT2D eigenvalue weighted by Crippen LogP contribution is -2.36. The molecule has 1 heterocycles. The molecule has 0 N–H and O–H groups in total. The van der Waals surface area contributed by atoms with E-state index in [0.717, 1.165) is 35.1 Å². The molecule has 3 heteroatoms. The van der Waals surface area contributed by atoms with Gasteiger partial charge in [-0.25, -0.2) is 0 Å². The van der Waals surface area contributed by atoms with Crippen molar-refractivity contribution in [2.45, 2.75) is 34.1 Å². The van der Waals surface area contributed by atoms with Gasteiger partial charge in [0.2, 0.25) is 0 Å². The van der Waals surface area contributed by atoms with E-state index < -0.39 is 0 Å². The molecule has 0 radical (unpaired) electrons. The van der Waals surface area contributed by atoms with E-state index in [1.54, 1.807) is 0 Å². The Morgan fingerprint density at radius 1 is 1.30 bits per heavy atom. The number of halogens is 1. The number of amides is 1. The first kappa shape index (κ1) is 15.3. The predicted octanol–water partition coefficient (Wildman–Crippen LogP) is 4.58. The van der Waals surface area contributed by atoms with E-state index in [-0.39, 0.29) is 11.3 Å². The predicted molar refractivity (Wildman–Crippen MR) is 86.9 cm³/mol. The van der Waals surface area contributed by atoms with Gasteiger partial charge in [-0.1, -0.05) is 54.4 Å². The molecule has 1 aromatic carbocycles. The molecule has 2 nitrogen and oxygen atoms in total. The van der Waals surface area contributed by atoms with Gasteiger partial charge in [0.1, 0.15) is 0 Å². The minimum absolute atomic E-state index is 0.120. The number of hydrogen-bond donors (Lipinski definition) is 0. The van der Waals surface area contributed by atoms with Crippen LogP contribution in [0.4, 0.5) is 0 Å². The highest BCUT2D eigenvalue weighted by Crippen LogP contribution is 2.30. The van der Waals surface area contributed by atoms with Gasteiger partial charge in [-0.3, -0.25) is 4.79 Å². The SMILES string of the molecule is Cc1ccc(C(=O)N2CC=C(C(C)(C)C)CC2)cc1Br. The van der Waals surface area contributed by atoms with Crippen molar-refractivity contribution < 1.29 is 4.79 Å². The summed E-state index contributed by atoms with van der Waals surface area (Å²) in [5.74, 6) is 0.120. The topological polar surface area (TPSA) is 20.3 Å². The van der Waals surface area contributed by atoms with Crippen molar-refractivity contribution in [2.24, 2.45) is 5.41 Å². The first-order valence-electron chi connectivity index (χ1n) is 7.04. The van der Waals surface area contributed by atoms with Crippen LogP contribution in [0.3, 0.4) is 0 Å². The van der Waals surface area contributed by atoms with E-state index in [1.807, 2.05) is 30.0 Å². The largest absolute Gasteiger partial charge is 0.335 e. The van der Waals surface area contributed by atoms with E-state index >= 15 is 0 Å². The van der Waals surface area contributed by atoms with Gasteiger partial charge in [-0.2, -0.15) is 0 Å². The number of carbonyl (C=O) groups is 1. The number of rotatable bonds is 1. The van der Waals surface area contributed by atoms with E-state index in [2.05, 4.69) is 42.8 Å². The fraction of sp³-hybridized carbons (Fsp3) is 0.471. The van der Waals surface area contributed by atoms with E-state index in [1.165, 1.54) is 5.57 Å². The zero-order chi connectivity index (χ0) is 14.9. The maximum atomic E-state index is 12.5. The Labute approximate surface area is 130 Å². The Balaban J connectivity index is 2.12. The van der Waals surface area contributed by atoms with Crippen LogP contribution in [0.2, 0.25) is 0 Å². The molecule has 20 heavy (non-hydrogen) atoms. The highest BCUT2D eigenvalue weighted by molar-refractivity contribution is 9.10. The van der Waals surface area contributed by atoms with Crippen LogP contribution in [-0.4, -0.2) is 23.9 Å². The highest BCUT2D eigenvalue weighted by atomic mass is 79.9. The summed E-state index contributed by atoms with van der Waals surface area (Å²) in [4.78, 5) is 14.4. The second-order valence-electron chi connectivity index (χ2n) is 6.44. The van der Waals surface area contributed by atoms with E-state index in [9.17, 15) is 4.79 Å². The Bertz CT molecular complexity index is 555. The van der Waals surface area contributed by atoms with Gasteiger partial charge >= 0.3 is 0 Å². The summed E-state index contributed by atoms with van der Waals surface area (Å²) < 4.78 is 0.992. The average Bonchev–Trinajstić information content (AvgIpc) is 2.40. The molecular weight excluding hydrogens is 314 g/mol. The van der Waals surface area contributed by atoms with Gasteiger partial charge < -0.3 is 4.90 Å². The van der Waals surface area contributed by atoms with Crippen LogP contribution in [0.5, 0.6) is 0 Å². The van der Waals surface area contributed by atoms with Crippen LogP contribution in [0, 0.1) is 12.3 Å². The number of hydrogen-bond acceptors (Lipinski definition) is 1. The summed E-state index contributed by atoms with van der Waals surface area (Å²) in [6, 6.07) is 5.81. The molecule has 2 rings (SSSR count). The summed E-state index contributed by atoms with van der Waals surface area (Å²) in [6.45, 7) is 10.2. The van der Waals surface area contributed by atoms with E-state index in [0.29, 0.717) is 0 Å². The maximum Gasteiger partial charge on any atom is 0.254 e. The molecule has 0 aromatic heterocycles. The molecule has 1 aliphatic rings. The zero-order valence-electron chi connectivity index (χ0n) is 12.7. The molecule has 0 atom stereocenters. The smallest absolute Gasteiger partial charge is 0.254 e. The highest BCUT2D eigenvalue weighted by Gasteiger charge is 2.24. The molecular formula is C17H22BrNO. The number of nitrogens with zero attached hydrogens (tertiary/aromatic N) is 1. The van der Waals surface area contributed by atoms with Crippen LogP contribution in [0.25, 0.3) is 0 Å². The molecule has 0 saturated heterocycles. The van der Waals surface area contributed by atoms with Gasteiger partial charge in [0.15, 0.2) is 0 Å². The number of aryl methyl sites for hydroxylation is 1. The van der Waals surface area contributed by atoms with Gasteiger partial charge in [0.25, 0.3) is 5.91 Å². The molecule has 0 spiro atoms. The number of benzene rings is 1. The number of carbonyl (C=O) groups excluding carboxylic acids is 1. The third-order valence-corrected chi connectivity index (χ3v) is 4.73. The third kappa shape index (κ3) is 3.32. The maximum absolute atomic E-state index is 12.5. The lowest BCUT2D eigenvalue weighted by Gasteiger charge is -2.32.